The molecule has 1 aromatic heterocycles. The number of likely N-dealkylation sites (N-methyl/N-ethyl adjacent to an activating group) is 1. The zero-order valence-electron chi connectivity index (χ0n) is 23.2. The molecule has 0 aliphatic carbocycles. The van der Waals surface area contributed by atoms with Gasteiger partial charge in [-0.3, -0.25) is 14.5 Å². The van der Waals surface area contributed by atoms with Crippen molar-refractivity contribution in [1.29, 1.82) is 0 Å². The summed E-state index contributed by atoms with van der Waals surface area (Å²) in [4.78, 5) is 60.2. The van der Waals surface area contributed by atoms with Gasteiger partial charge >= 0.3 is 5.97 Å². The van der Waals surface area contributed by atoms with Crippen LogP contribution in [-0.4, -0.2) is 95.4 Å². The maximum Gasteiger partial charge on any atom is 0.346 e. The number of amides is 2. The van der Waals surface area contributed by atoms with Gasteiger partial charge in [-0.2, -0.15) is 0 Å². The van der Waals surface area contributed by atoms with Crippen molar-refractivity contribution in [2.45, 2.75) is 24.4 Å². The van der Waals surface area contributed by atoms with Crippen molar-refractivity contribution in [3.8, 4) is 0 Å². The maximum absolute atomic E-state index is 13.2. The number of benzene rings is 1. The number of carboxylic acids is 1. The fourth-order valence-corrected chi connectivity index (χ4v) is 6.59. The maximum atomic E-state index is 13.2. The summed E-state index contributed by atoms with van der Waals surface area (Å²) in [6.07, 6.45) is 0. The van der Waals surface area contributed by atoms with E-state index in [1.807, 2.05) is 33.2 Å². The number of halogens is 1. The molecule has 2 aliphatic heterocycles. The van der Waals surface area contributed by atoms with Gasteiger partial charge in [0.25, 0.3) is 11.8 Å². The van der Waals surface area contributed by atoms with Crippen LogP contribution in [-0.2, 0) is 28.8 Å². The van der Waals surface area contributed by atoms with Gasteiger partial charge in [-0.25, -0.2) is 9.78 Å². The van der Waals surface area contributed by atoms with E-state index >= 15 is 0 Å². The number of carbonyl (C=O) groups excluding carboxylic acids is 4. The number of thiazole rings is 1. The molecule has 2 amide bonds. The number of methoxy groups -OCH3 is 1. The number of rotatable bonds is 11. The molecule has 3 N–H and O–H groups in total. The molecular formula is C26H29ClN6O7S2. The number of nitrogens with two attached hydrogens (primary N) is 1. The van der Waals surface area contributed by atoms with E-state index in [-0.39, 0.29) is 28.3 Å². The van der Waals surface area contributed by atoms with Crippen molar-refractivity contribution >= 4 is 69.3 Å². The molecule has 224 valence electrons. The number of thioether (sulfide) groups is 1. The summed E-state index contributed by atoms with van der Waals surface area (Å²) < 4.78 is 4.90. The number of esters is 1. The van der Waals surface area contributed by atoms with Gasteiger partial charge in [-0.15, -0.1) is 23.1 Å². The van der Waals surface area contributed by atoms with Crippen molar-refractivity contribution in [1.82, 2.24) is 15.2 Å². The van der Waals surface area contributed by atoms with Gasteiger partial charge < -0.3 is 35.0 Å². The number of nitrogen functional groups attached to an aromatic ring is 1. The highest BCUT2D eigenvalue weighted by molar-refractivity contribution is 8.00. The number of anilines is 1. The van der Waals surface area contributed by atoms with Crippen LogP contribution < -0.4 is 16.2 Å². The summed E-state index contributed by atoms with van der Waals surface area (Å²) in [5.41, 5.74) is 6.84. The van der Waals surface area contributed by atoms with Crippen LogP contribution in [0.15, 0.2) is 46.1 Å². The number of hydrogen-bond acceptors (Lipinski definition) is 12. The van der Waals surface area contributed by atoms with Gasteiger partial charge in [0.1, 0.15) is 29.7 Å². The van der Waals surface area contributed by atoms with Crippen molar-refractivity contribution in [3.05, 3.63) is 57.2 Å². The number of carbonyl (C=O) groups is 4. The third-order valence-electron chi connectivity index (χ3n) is 7.07. The first kappa shape index (κ1) is 31.3. The van der Waals surface area contributed by atoms with E-state index in [1.165, 1.54) is 24.3 Å². The molecule has 1 fully saturated rings. The van der Waals surface area contributed by atoms with Gasteiger partial charge in [0.2, 0.25) is 6.61 Å². The Kier molecular flexibility index (Phi) is 9.45. The number of oxime groups is 1. The molecule has 4 rings (SSSR count). The van der Waals surface area contributed by atoms with Crippen LogP contribution in [0.5, 0.6) is 0 Å². The number of fused-ring (bicyclic) bond motifs is 1. The number of quaternary nitrogens is 1. The Morgan fingerprint density at radius 1 is 1.31 bits per heavy atom. The van der Waals surface area contributed by atoms with Gasteiger partial charge in [-0.1, -0.05) is 28.9 Å². The summed E-state index contributed by atoms with van der Waals surface area (Å²) >= 11 is 8.42. The SMILES string of the molecule is COC(=O)CO/N=C(\C(=O)N[C@@H]1C(=O)N2C(C(=O)[O-])=C(C[N+](C)(C)C(C)c3ccc(Cl)cc3)CSC12)c1csc(N)n1. The molecule has 16 heteroatoms. The summed E-state index contributed by atoms with van der Waals surface area (Å²) in [5.74, 6) is -3.31. The first-order chi connectivity index (χ1) is 19.8. The molecule has 2 aliphatic rings. The second kappa shape index (κ2) is 12.7. The third-order valence-corrected chi connectivity index (χ3v) is 9.34. The second-order valence-corrected chi connectivity index (χ2v) is 12.6. The largest absolute Gasteiger partial charge is 0.543 e. The van der Waals surface area contributed by atoms with Crippen LogP contribution in [0.25, 0.3) is 0 Å². The number of nitrogens with one attached hydrogen (secondary N) is 1. The van der Waals surface area contributed by atoms with E-state index in [9.17, 15) is 24.3 Å². The van der Waals surface area contributed by atoms with Crippen LogP contribution in [0.3, 0.4) is 0 Å². The molecule has 42 heavy (non-hydrogen) atoms. The predicted octanol–water partition coefficient (Wildman–Crippen LogP) is 0.514. The smallest absolute Gasteiger partial charge is 0.346 e. The van der Waals surface area contributed by atoms with Gasteiger partial charge in [0.05, 0.1) is 32.9 Å². The van der Waals surface area contributed by atoms with Gasteiger partial charge in [-0.05, 0) is 19.1 Å². The first-order valence-corrected chi connectivity index (χ1v) is 14.9. The highest BCUT2D eigenvalue weighted by atomic mass is 35.5. The molecule has 0 saturated carbocycles. The third kappa shape index (κ3) is 6.53. The van der Waals surface area contributed by atoms with Crippen LogP contribution in [0.4, 0.5) is 5.13 Å². The topological polar surface area (TPSA) is 176 Å². The van der Waals surface area contributed by atoms with Gasteiger partial charge in [0, 0.05) is 27.3 Å². The lowest BCUT2D eigenvalue weighted by atomic mass is 10.0. The highest BCUT2D eigenvalue weighted by Gasteiger charge is 2.53. The minimum absolute atomic E-state index is 0.0153. The minimum Gasteiger partial charge on any atom is -0.543 e. The van der Waals surface area contributed by atoms with E-state index < -0.39 is 41.8 Å². The molecule has 3 atom stereocenters. The Labute approximate surface area is 254 Å². The lowest BCUT2D eigenvalue weighted by Gasteiger charge is -2.51. The summed E-state index contributed by atoms with van der Waals surface area (Å²) in [5, 5.41) is 20.2. The lowest BCUT2D eigenvalue weighted by molar-refractivity contribution is -0.914. The van der Waals surface area contributed by atoms with Crippen LogP contribution in [0.2, 0.25) is 5.02 Å². The number of carboxylic acid groups (broad SMARTS) is 1. The van der Waals surface area contributed by atoms with E-state index in [0.29, 0.717) is 27.4 Å². The number of hydrogen-bond donors (Lipinski definition) is 2. The van der Waals surface area contributed by atoms with Crippen LogP contribution in [0.1, 0.15) is 24.2 Å². The van der Waals surface area contributed by atoms with E-state index in [1.54, 1.807) is 12.1 Å². The zero-order chi connectivity index (χ0) is 30.8. The molecular weight excluding hydrogens is 608 g/mol. The first-order valence-electron chi connectivity index (χ1n) is 12.6. The van der Waals surface area contributed by atoms with Crippen molar-refractivity contribution < 1.29 is 38.3 Å². The minimum atomic E-state index is -1.47. The number of ether oxygens (including phenoxy) is 1. The normalized spacial score (nSPS) is 19.5. The number of aliphatic carboxylic acids is 1. The summed E-state index contributed by atoms with van der Waals surface area (Å²) in [6.45, 7) is 1.81. The number of nitrogens with zero attached hydrogens (tertiary/aromatic N) is 4. The van der Waals surface area contributed by atoms with Crippen molar-refractivity contribution in [2.75, 3.05) is 45.8 Å². The zero-order valence-corrected chi connectivity index (χ0v) is 25.5. The fourth-order valence-electron chi connectivity index (χ4n) is 4.59. The lowest BCUT2D eigenvalue weighted by Crippen LogP contribution is -2.71. The highest BCUT2D eigenvalue weighted by Crippen LogP contribution is 2.41. The van der Waals surface area contributed by atoms with Crippen LogP contribution >= 0.6 is 34.7 Å². The van der Waals surface area contributed by atoms with Crippen LogP contribution in [0, 0.1) is 0 Å². The molecule has 0 radical (unpaired) electrons. The molecule has 0 bridgehead atoms. The van der Waals surface area contributed by atoms with Crippen molar-refractivity contribution in [3.63, 3.8) is 0 Å². The van der Waals surface area contributed by atoms with E-state index in [4.69, 9.17) is 22.2 Å². The Hall–Kier alpha value is -3.66. The Morgan fingerprint density at radius 2 is 2.00 bits per heavy atom. The Bertz CT molecular complexity index is 1460. The van der Waals surface area contributed by atoms with Gasteiger partial charge in [0.15, 0.2) is 10.8 Å². The monoisotopic (exact) mass is 636 g/mol. The Balaban J connectivity index is 1.52. The molecule has 2 aromatic rings. The van der Waals surface area contributed by atoms with Crippen molar-refractivity contribution in [2.24, 2.45) is 5.16 Å². The Morgan fingerprint density at radius 3 is 2.60 bits per heavy atom. The molecule has 3 heterocycles. The molecule has 1 aromatic carbocycles. The molecule has 13 nitrogen and oxygen atoms in total. The summed E-state index contributed by atoms with van der Waals surface area (Å²) in [6, 6.07) is 6.40. The molecule has 1 saturated heterocycles. The predicted molar refractivity (Wildman–Crippen MR) is 155 cm³/mol. The fraction of sp³-hybridized carbons (Fsp3) is 0.385. The molecule has 2 unspecified atom stereocenters. The quantitative estimate of drug-likeness (QED) is 0.116. The standard InChI is InChI=1S/C26H29ClN6O7S2/c1-13(14-5-7-16(27)8-6-14)33(2,3)9-15-11-41-24-20(23(36)32(24)21(15)25(37)38)30-22(35)19(17-12-42-26(28)29-17)31-40-10-18(34)39-4/h5-8,12-13,20,24H,9-11H2,1-4H3,(H3-,28,29,30,35,37,38)/b31-19-/t13?,20-,24?/m1/s1. The average Bonchev–Trinajstić information content (AvgIpc) is 3.38. The summed E-state index contributed by atoms with van der Waals surface area (Å²) in [7, 11) is 5.12. The van der Waals surface area contributed by atoms with E-state index in [0.717, 1.165) is 21.8 Å². The average molecular weight is 637 g/mol. The molecule has 0 spiro atoms. The second-order valence-electron chi connectivity index (χ2n) is 10.1. The number of aromatic nitrogens is 1. The number of β-lactam (4-membered cyclic amide) rings is 1. The van der Waals surface area contributed by atoms with E-state index in [2.05, 4.69) is 20.2 Å².